The monoisotopic (exact) mass is 373 g/mol. The Morgan fingerprint density at radius 3 is 2.77 bits per heavy atom. The van der Waals surface area contributed by atoms with Gasteiger partial charge < -0.3 is 15.3 Å². The third kappa shape index (κ3) is 3.91. The molecule has 0 unspecified atom stereocenters. The molecule has 1 aromatic carbocycles. The highest BCUT2D eigenvalue weighted by Gasteiger charge is 2.36. The van der Waals surface area contributed by atoms with Crippen LogP contribution in [0.5, 0.6) is 0 Å². The van der Waals surface area contributed by atoms with Gasteiger partial charge in [0.15, 0.2) is 5.69 Å². The lowest BCUT2D eigenvalue weighted by atomic mass is 10.1. The highest BCUT2D eigenvalue weighted by atomic mass is 32.1. The number of nitrogens with zero attached hydrogens (tertiary/aromatic N) is 2. The van der Waals surface area contributed by atoms with E-state index in [0.29, 0.717) is 11.6 Å². The summed E-state index contributed by atoms with van der Waals surface area (Å²) in [5, 5.41) is 13.6. The van der Waals surface area contributed by atoms with Crippen LogP contribution >= 0.6 is 11.3 Å². The van der Waals surface area contributed by atoms with Crippen LogP contribution in [0.25, 0.3) is 0 Å². The van der Waals surface area contributed by atoms with Gasteiger partial charge in [0.2, 0.25) is 11.8 Å². The van der Waals surface area contributed by atoms with Gasteiger partial charge in [0, 0.05) is 18.3 Å². The molecule has 3 rings (SSSR count). The van der Waals surface area contributed by atoms with E-state index in [1.54, 1.807) is 4.90 Å². The molecule has 2 heterocycles. The molecule has 0 aliphatic carbocycles. The van der Waals surface area contributed by atoms with Gasteiger partial charge in [-0.2, -0.15) is 0 Å². The summed E-state index contributed by atoms with van der Waals surface area (Å²) in [5.74, 6) is -1.75. The van der Waals surface area contributed by atoms with Gasteiger partial charge in [-0.1, -0.05) is 30.3 Å². The van der Waals surface area contributed by atoms with Crippen LogP contribution in [0.4, 0.5) is 0 Å². The van der Waals surface area contributed by atoms with E-state index in [9.17, 15) is 14.4 Å². The number of benzene rings is 1. The van der Waals surface area contributed by atoms with Crippen LogP contribution in [0.2, 0.25) is 0 Å². The molecular formula is C18H19N3O4S. The van der Waals surface area contributed by atoms with Gasteiger partial charge in [0.1, 0.15) is 5.01 Å². The lowest BCUT2D eigenvalue weighted by Crippen LogP contribution is -2.33. The maximum atomic E-state index is 12.4. The second kappa shape index (κ2) is 7.65. The molecule has 8 heteroatoms. The summed E-state index contributed by atoms with van der Waals surface area (Å²) in [6.07, 6.45) is 0.182. The third-order valence-corrected chi connectivity index (χ3v) is 5.31. The number of carboxylic acid groups (broad SMARTS) is 1. The fraction of sp³-hybridized carbons (Fsp3) is 0.333. The number of carbonyl (C=O) groups is 3. The normalized spacial score (nSPS) is 18.0. The first-order valence-corrected chi connectivity index (χ1v) is 9.13. The number of carboxylic acids is 1. The summed E-state index contributed by atoms with van der Waals surface area (Å²) in [4.78, 5) is 41.2. The molecule has 1 saturated heterocycles. The molecule has 1 aliphatic heterocycles. The molecular weight excluding hydrogens is 354 g/mol. The van der Waals surface area contributed by atoms with Crippen LogP contribution in [0.1, 0.15) is 40.4 Å². The smallest absolute Gasteiger partial charge is 0.355 e. The molecule has 0 spiro atoms. The Hall–Kier alpha value is -2.74. The van der Waals surface area contributed by atoms with E-state index in [0.717, 1.165) is 5.56 Å². The van der Waals surface area contributed by atoms with Gasteiger partial charge in [0.05, 0.1) is 18.5 Å². The Labute approximate surface area is 154 Å². The van der Waals surface area contributed by atoms with Crippen molar-refractivity contribution in [2.24, 2.45) is 5.92 Å². The average molecular weight is 373 g/mol. The van der Waals surface area contributed by atoms with Crippen molar-refractivity contribution in [2.75, 3.05) is 6.54 Å². The molecule has 2 amide bonds. The zero-order chi connectivity index (χ0) is 18.7. The number of thiazole rings is 1. The first-order valence-electron chi connectivity index (χ1n) is 8.25. The number of nitrogens with one attached hydrogen (secondary N) is 1. The minimum Gasteiger partial charge on any atom is -0.476 e. The Bertz CT molecular complexity index is 821. The minimum atomic E-state index is -1.09. The topological polar surface area (TPSA) is 99.6 Å². The number of carbonyl (C=O) groups excluding carboxylic acids is 2. The van der Waals surface area contributed by atoms with Crippen molar-refractivity contribution in [3.63, 3.8) is 0 Å². The molecule has 2 aromatic rings. The van der Waals surface area contributed by atoms with E-state index in [1.165, 1.54) is 16.7 Å². The predicted octanol–water partition coefficient (Wildman–Crippen LogP) is 2.07. The van der Waals surface area contributed by atoms with Gasteiger partial charge in [0.25, 0.3) is 0 Å². The zero-order valence-corrected chi connectivity index (χ0v) is 15.0. The van der Waals surface area contributed by atoms with E-state index < -0.39 is 11.9 Å². The quantitative estimate of drug-likeness (QED) is 0.807. The summed E-state index contributed by atoms with van der Waals surface area (Å²) in [6.45, 7) is 2.49. The molecule has 2 atom stereocenters. The summed E-state index contributed by atoms with van der Waals surface area (Å²) >= 11 is 1.18. The Morgan fingerprint density at radius 2 is 2.12 bits per heavy atom. The summed E-state index contributed by atoms with van der Waals surface area (Å²) in [6, 6.07) is 9.62. The molecule has 1 aliphatic rings. The van der Waals surface area contributed by atoms with E-state index in [4.69, 9.17) is 5.11 Å². The van der Waals surface area contributed by atoms with Gasteiger partial charge >= 0.3 is 5.97 Å². The zero-order valence-electron chi connectivity index (χ0n) is 14.2. The molecule has 1 aromatic heterocycles. The Kier molecular flexibility index (Phi) is 5.32. The van der Waals surface area contributed by atoms with E-state index >= 15 is 0 Å². The van der Waals surface area contributed by atoms with Crippen LogP contribution in [-0.4, -0.2) is 39.3 Å². The molecule has 26 heavy (non-hydrogen) atoms. The number of likely N-dealkylation sites (tertiary alicyclic amines) is 1. The highest BCUT2D eigenvalue weighted by Crippen LogP contribution is 2.28. The van der Waals surface area contributed by atoms with Gasteiger partial charge in [-0.05, 0) is 12.5 Å². The fourth-order valence-corrected chi connectivity index (χ4v) is 3.70. The lowest BCUT2D eigenvalue weighted by Gasteiger charge is -2.25. The Morgan fingerprint density at radius 1 is 1.38 bits per heavy atom. The van der Waals surface area contributed by atoms with Crippen LogP contribution in [0.3, 0.4) is 0 Å². The summed E-state index contributed by atoms with van der Waals surface area (Å²) < 4.78 is 0. The van der Waals surface area contributed by atoms with Crippen molar-refractivity contribution in [1.29, 1.82) is 0 Å². The molecule has 1 fully saturated rings. The van der Waals surface area contributed by atoms with Crippen LogP contribution in [0.15, 0.2) is 35.7 Å². The van der Waals surface area contributed by atoms with Crippen LogP contribution in [0, 0.1) is 5.92 Å². The summed E-state index contributed by atoms with van der Waals surface area (Å²) in [5.41, 5.74) is 1.00. The van der Waals surface area contributed by atoms with Crippen LogP contribution < -0.4 is 5.32 Å². The van der Waals surface area contributed by atoms with Crippen molar-refractivity contribution in [3.8, 4) is 0 Å². The highest BCUT2D eigenvalue weighted by molar-refractivity contribution is 7.09. The second-order valence-corrected chi connectivity index (χ2v) is 7.13. The van der Waals surface area contributed by atoms with E-state index in [2.05, 4.69) is 10.3 Å². The number of aromatic nitrogens is 1. The molecule has 0 radical (unpaired) electrons. The maximum Gasteiger partial charge on any atom is 0.355 e. The van der Waals surface area contributed by atoms with Gasteiger partial charge in [-0.25, -0.2) is 9.78 Å². The molecule has 2 N–H and O–H groups in total. The predicted molar refractivity (Wildman–Crippen MR) is 95.6 cm³/mol. The number of aromatic carboxylic acids is 1. The van der Waals surface area contributed by atoms with Crippen LogP contribution in [-0.2, 0) is 16.1 Å². The lowest BCUT2D eigenvalue weighted by molar-refractivity contribution is -0.130. The number of rotatable bonds is 6. The van der Waals surface area contributed by atoms with Gasteiger partial charge in [-0.15, -0.1) is 11.3 Å². The number of hydrogen-bond donors (Lipinski definition) is 2. The SMILES string of the molecule is C[C@@H](c1ccccc1)N1C[C@H](C(=O)NCc2nc(C(=O)O)cs2)CC1=O. The van der Waals surface area contributed by atoms with Crippen molar-refractivity contribution >= 4 is 29.1 Å². The number of hydrogen-bond acceptors (Lipinski definition) is 5. The second-order valence-electron chi connectivity index (χ2n) is 6.18. The molecule has 7 nitrogen and oxygen atoms in total. The molecule has 136 valence electrons. The standard InChI is InChI=1S/C18H19N3O4S/c1-11(12-5-3-2-4-6-12)21-9-13(7-16(21)22)17(23)19-8-15-20-14(10-26-15)18(24)25/h2-6,10-11,13H,7-9H2,1H3,(H,19,23)(H,24,25)/t11-,13+/m0/s1. The van der Waals surface area contributed by atoms with Crippen molar-refractivity contribution in [1.82, 2.24) is 15.2 Å². The first-order chi connectivity index (χ1) is 12.5. The molecule has 0 saturated carbocycles. The van der Waals surface area contributed by atoms with E-state index in [1.807, 2.05) is 37.3 Å². The van der Waals surface area contributed by atoms with Crippen molar-refractivity contribution < 1.29 is 19.5 Å². The fourth-order valence-electron chi connectivity index (χ4n) is 2.99. The van der Waals surface area contributed by atoms with Crippen molar-refractivity contribution in [2.45, 2.75) is 25.9 Å². The molecule has 0 bridgehead atoms. The van der Waals surface area contributed by atoms with Gasteiger partial charge in [-0.3, -0.25) is 9.59 Å². The third-order valence-electron chi connectivity index (χ3n) is 4.46. The first kappa shape index (κ1) is 18.1. The Balaban J connectivity index is 1.57. The largest absolute Gasteiger partial charge is 0.476 e. The van der Waals surface area contributed by atoms with Crippen molar-refractivity contribution in [3.05, 3.63) is 52.0 Å². The number of amides is 2. The maximum absolute atomic E-state index is 12.4. The summed E-state index contributed by atoms with van der Waals surface area (Å²) in [7, 11) is 0. The average Bonchev–Trinajstić information content (AvgIpc) is 3.27. The van der Waals surface area contributed by atoms with E-state index in [-0.39, 0.29) is 36.5 Å². The minimum absolute atomic E-state index is 0.0295.